The normalized spacial score (nSPS) is 17.6. The number of rotatable bonds is 11. The molecule has 1 aliphatic rings. The number of ether oxygens (including phenoxy) is 2. The quantitative estimate of drug-likeness (QED) is 0.437. The van der Waals surface area contributed by atoms with E-state index in [4.69, 9.17) is 9.47 Å². The van der Waals surface area contributed by atoms with Gasteiger partial charge in [-0.1, -0.05) is 59.1 Å². The van der Waals surface area contributed by atoms with Gasteiger partial charge in [-0.05, 0) is 56.5 Å². The van der Waals surface area contributed by atoms with Gasteiger partial charge >= 0.3 is 0 Å². The number of hydrogen-bond donors (Lipinski definition) is 0. The first-order valence-electron chi connectivity index (χ1n) is 10.7. The average molecular weight is 376 g/mol. The summed E-state index contributed by atoms with van der Waals surface area (Å²) in [6.45, 7) is 12.0. The molecule has 154 valence electrons. The number of nitrogens with zero attached hydrogens (tertiary/aromatic N) is 1. The lowest BCUT2D eigenvalue weighted by atomic mass is 9.78. The van der Waals surface area contributed by atoms with Gasteiger partial charge in [0.1, 0.15) is 5.75 Å². The first-order valence-corrected chi connectivity index (χ1v) is 10.7. The Bertz CT molecular complexity index is 535. The van der Waals surface area contributed by atoms with Crippen molar-refractivity contribution in [3.63, 3.8) is 0 Å². The largest absolute Gasteiger partial charge is 0.494 e. The van der Waals surface area contributed by atoms with Crippen LogP contribution in [0.2, 0.25) is 0 Å². The summed E-state index contributed by atoms with van der Waals surface area (Å²) < 4.78 is 11.4. The van der Waals surface area contributed by atoms with E-state index in [0.29, 0.717) is 11.5 Å². The van der Waals surface area contributed by atoms with Crippen molar-refractivity contribution in [2.75, 3.05) is 33.9 Å². The Hall–Kier alpha value is -1.06. The summed E-state index contributed by atoms with van der Waals surface area (Å²) in [6, 6.07) is 9.09. The van der Waals surface area contributed by atoms with E-state index in [1.54, 1.807) is 0 Å². The van der Waals surface area contributed by atoms with Crippen LogP contribution in [0.25, 0.3) is 0 Å². The molecule has 3 heteroatoms. The Morgan fingerprint density at radius 3 is 2.15 bits per heavy atom. The van der Waals surface area contributed by atoms with Crippen LogP contribution in [0.15, 0.2) is 24.3 Å². The minimum atomic E-state index is 0.202. The molecule has 1 saturated heterocycles. The molecule has 0 aliphatic carbocycles. The van der Waals surface area contributed by atoms with E-state index in [-0.39, 0.29) is 5.41 Å². The van der Waals surface area contributed by atoms with Crippen LogP contribution >= 0.6 is 0 Å². The Morgan fingerprint density at radius 1 is 1.04 bits per heavy atom. The van der Waals surface area contributed by atoms with Crippen molar-refractivity contribution in [1.29, 1.82) is 0 Å². The van der Waals surface area contributed by atoms with Crippen LogP contribution in [-0.2, 0) is 4.74 Å². The number of benzene rings is 1. The predicted octanol–water partition coefficient (Wildman–Crippen LogP) is 6.09. The molecule has 27 heavy (non-hydrogen) atoms. The van der Waals surface area contributed by atoms with Crippen LogP contribution in [-0.4, -0.2) is 38.8 Å². The van der Waals surface area contributed by atoms with Crippen molar-refractivity contribution in [1.82, 2.24) is 4.90 Å². The van der Waals surface area contributed by atoms with Crippen LogP contribution in [0.4, 0.5) is 0 Å². The van der Waals surface area contributed by atoms with Gasteiger partial charge in [0, 0.05) is 11.5 Å². The van der Waals surface area contributed by atoms with Crippen molar-refractivity contribution in [2.24, 2.45) is 10.8 Å². The van der Waals surface area contributed by atoms with Crippen molar-refractivity contribution in [3.05, 3.63) is 29.8 Å². The fraction of sp³-hybridized carbons (Fsp3) is 0.750. The minimum Gasteiger partial charge on any atom is -0.494 e. The maximum Gasteiger partial charge on any atom is 0.119 e. The number of hydrogen-bond acceptors (Lipinski definition) is 3. The SMILES string of the molecule is CCC1(CCCCCCOc2ccc(C(N(C)C)C(C)(C)C)cc2)COC1. The highest BCUT2D eigenvalue weighted by molar-refractivity contribution is 5.30. The molecule has 1 fully saturated rings. The summed E-state index contributed by atoms with van der Waals surface area (Å²) in [5.74, 6) is 0.988. The summed E-state index contributed by atoms with van der Waals surface area (Å²) >= 11 is 0. The molecule has 2 rings (SSSR count). The molecular weight excluding hydrogens is 334 g/mol. The summed E-state index contributed by atoms with van der Waals surface area (Å²) in [5, 5.41) is 0. The van der Waals surface area contributed by atoms with Crippen LogP contribution in [0.1, 0.15) is 77.8 Å². The summed E-state index contributed by atoms with van der Waals surface area (Å²) in [7, 11) is 4.31. The Balaban J connectivity index is 1.66. The predicted molar refractivity (Wildman–Crippen MR) is 114 cm³/mol. The monoisotopic (exact) mass is 375 g/mol. The van der Waals surface area contributed by atoms with Crippen LogP contribution < -0.4 is 4.74 Å². The highest BCUT2D eigenvalue weighted by Crippen LogP contribution is 2.37. The third kappa shape index (κ3) is 6.50. The zero-order valence-electron chi connectivity index (χ0n) is 18.5. The van der Waals surface area contributed by atoms with Crippen molar-refractivity contribution in [3.8, 4) is 5.75 Å². The van der Waals surface area contributed by atoms with Gasteiger partial charge in [-0.3, -0.25) is 0 Å². The highest BCUT2D eigenvalue weighted by atomic mass is 16.5. The van der Waals surface area contributed by atoms with Gasteiger partial charge in [0.05, 0.1) is 19.8 Å². The lowest BCUT2D eigenvalue weighted by Gasteiger charge is -2.41. The number of unbranched alkanes of at least 4 members (excludes halogenated alkanes) is 3. The van der Waals surface area contributed by atoms with Crippen LogP contribution in [0.3, 0.4) is 0 Å². The molecule has 1 aromatic rings. The molecule has 1 aliphatic heterocycles. The van der Waals surface area contributed by atoms with Gasteiger partial charge in [-0.25, -0.2) is 0 Å². The second-order valence-electron chi connectivity index (χ2n) is 9.66. The fourth-order valence-corrected chi connectivity index (χ4v) is 4.38. The van der Waals surface area contributed by atoms with Crippen molar-refractivity contribution in [2.45, 2.75) is 72.3 Å². The van der Waals surface area contributed by atoms with Crippen LogP contribution in [0.5, 0.6) is 5.75 Å². The third-order valence-electron chi connectivity index (χ3n) is 5.97. The standard InChI is InChI=1S/C24H41NO2/c1-7-24(18-26-19-24)16-10-8-9-11-17-27-21-14-12-20(13-15-21)22(25(5)6)23(2,3)4/h12-15,22H,7-11,16-19H2,1-6H3. The average Bonchev–Trinajstić information content (AvgIpc) is 2.56. The molecule has 1 unspecified atom stereocenters. The third-order valence-corrected chi connectivity index (χ3v) is 5.97. The first kappa shape index (κ1) is 22.2. The molecule has 0 bridgehead atoms. The zero-order chi connectivity index (χ0) is 19.9. The molecule has 1 heterocycles. The second kappa shape index (κ2) is 9.93. The maximum absolute atomic E-state index is 5.95. The van der Waals surface area contributed by atoms with E-state index in [1.165, 1.54) is 37.7 Å². The minimum absolute atomic E-state index is 0.202. The second-order valence-corrected chi connectivity index (χ2v) is 9.66. The van der Waals surface area contributed by atoms with Gasteiger partial charge in [-0.2, -0.15) is 0 Å². The molecule has 1 atom stereocenters. The molecule has 1 aromatic carbocycles. The summed E-state index contributed by atoms with van der Waals surface area (Å²) in [5.41, 5.74) is 2.06. The van der Waals surface area contributed by atoms with E-state index in [2.05, 4.69) is 71.0 Å². The van der Waals surface area contributed by atoms with E-state index < -0.39 is 0 Å². The molecule has 0 N–H and O–H groups in total. The lowest BCUT2D eigenvalue weighted by Crippen LogP contribution is -2.41. The Morgan fingerprint density at radius 2 is 1.67 bits per heavy atom. The van der Waals surface area contributed by atoms with Gasteiger partial charge in [0.25, 0.3) is 0 Å². The Labute approximate surface area is 167 Å². The van der Waals surface area contributed by atoms with Gasteiger partial charge in [0.2, 0.25) is 0 Å². The van der Waals surface area contributed by atoms with E-state index in [1.807, 2.05) is 0 Å². The smallest absolute Gasteiger partial charge is 0.119 e. The van der Waals surface area contributed by atoms with E-state index in [9.17, 15) is 0 Å². The van der Waals surface area contributed by atoms with E-state index in [0.717, 1.165) is 32.0 Å². The molecular formula is C24H41NO2. The summed E-state index contributed by atoms with van der Waals surface area (Å²) in [6.07, 6.45) is 7.61. The van der Waals surface area contributed by atoms with E-state index >= 15 is 0 Å². The topological polar surface area (TPSA) is 21.7 Å². The molecule has 0 radical (unpaired) electrons. The van der Waals surface area contributed by atoms with Gasteiger partial charge in [-0.15, -0.1) is 0 Å². The lowest BCUT2D eigenvalue weighted by molar-refractivity contribution is -0.120. The zero-order valence-corrected chi connectivity index (χ0v) is 18.5. The van der Waals surface area contributed by atoms with Crippen molar-refractivity contribution >= 4 is 0 Å². The summed E-state index contributed by atoms with van der Waals surface area (Å²) in [4.78, 5) is 2.30. The fourth-order valence-electron chi connectivity index (χ4n) is 4.38. The Kier molecular flexibility index (Phi) is 8.18. The van der Waals surface area contributed by atoms with Gasteiger partial charge < -0.3 is 14.4 Å². The molecule has 0 saturated carbocycles. The van der Waals surface area contributed by atoms with Crippen LogP contribution in [0, 0.1) is 10.8 Å². The molecule has 0 spiro atoms. The highest BCUT2D eigenvalue weighted by Gasteiger charge is 2.35. The van der Waals surface area contributed by atoms with Crippen molar-refractivity contribution < 1.29 is 9.47 Å². The molecule has 0 aromatic heterocycles. The molecule has 0 amide bonds. The maximum atomic E-state index is 5.95. The first-order chi connectivity index (χ1) is 12.8. The molecule has 3 nitrogen and oxygen atoms in total. The van der Waals surface area contributed by atoms with Gasteiger partial charge in [0.15, 0.2) is 0 Å².